The van der Waals surface area contributed by atoms with Gasteiger partial charge in [-0.05, 0) is 18.2 Å². The van der Waals surface area contributed by atoms with E-state index in [0.717, 1.165) is 0 Å². The summed E-state index contributed by atoms with van der Waals surface area (Å²) in [6.45, 7) is -0.190. The van der Waals surface area contributed by atoms with Gasteiger partial charge in [0.05, 0.1) is 17.7 Å². The standard InChI is InChI=1S/C17H14N4O6/c22-16(20-19-8-11-2-1-3-13(6-11)21(24)25)9-18-17(23)12-4-5-14-15(7-12)27-10-26-14/h1-8H,9-10H2,(H,18,23)(H,20,22). The molecular weight excluding hydrogens is 356 g/mol. The van der Waals surface area contributed by atoms with Gasteiger partial charge in [0.25, 0.3) is 17.5 Å². The van der Waals surface area contributed by atoms with Gasteiger partial charge in [-0.1, -0.05) is 12.1 Å². The van der Waals surface area contributed by atoms with Crippen LogP contribution in [0, 0.1) is 10.1 Å². The topological polar surface area (TPSA) is 132 Å². The van der Waals surface area contributed by atoms with E-state index in [1.54, 1.807) is 18.2 Å². The third kappa shape index (κ3) is 4.57. The van der Waals surface area contributed by atoms with E-state index < -0.39 is 16.7 Å². The number of nitro benzene ring substituents is 1. The third-order valence-corrected chi connectivity index (χ3v) is 3.53. The van der Waals surface area contributed by atoms with Gasteiger partial charge < -0.3 is 14.8 Å². The lowest BCUT2D eigenvalue weighted by molar-refractivity contribution is -0.384. The third-order valence-electron chi connectivity index (χ3n) is 3.53. The smallest absolute Gasteiger partial charge is 0.270 e. The molecule has 0 saturated heterocycles. The average molecular weight is 370 g/mol. The minimum atomic E-state index is -0.550. The summed E-state index contributed by atoms with van der Waals surface area (Å²) in [5.74, 6) is 0.0188. The van der Waals surface area contributed by atoms with Crippen LogP contribution < -0.4 is 20.2 Å². The van der Waals surface area contributed by atoms with Crippen molar-refractivity contribution >= 4 is 23.7 Å². The molecule has 138 valence electrons. The van der Waals surface area contributed by atoms with Crippen molar-refractivity contribution in [2.75, 3.05) is 13.3 Å². The summed E-state index contributed by atoms with van der Waals surface area (Å²) in [4.78, 5) is 34.0. The largest absolute Gasteiger partial charge is 0.454 e. The highest BCUT2D eigenvalue weighted by Crippen LogP contribution is 2.32. The Morgan fingerprint density at radius 2 is 2.00 bits per heavy atom. The van der Waals surface area contributed by atoms with Gasteiger partial charge in [0.1, 0.15) is 0 Å². The minimum Gasteiger partial charge on any atom is -0.454 e. The number of benzene rings is 2. The number of rotatable bonds is 6. The number of non-ortho nitro benzene ring substituents is 1. The predicted molar refractivity (Wildman–Crippen MR) is 93.7 cm³/mol. The SMILES string of the molecule is O=C(CNC(=O)c1ccc2c(c1)OCO2)NN=Cc1cccc([N+](=O)[O-])c1. The molecule has 1 aliphatic rings. The van der Waals surface area contributed by atoms with Crippen LogP contribution >= 0.6 is 0 Å². The van der Waals surface area contributed by atoms with Crippen molar-refractivity contribution < 1.29 is 24.0 Å². The summed E-state index contributed by atoms with van der Waals surface area (Å²) < 4.78 is 10.4. The summed E-state index contributed by atoms with van der Waals surface area (Å²) in [6.07, 6.45) is 1.27. The number of amides is 2. The van der Waals surface area contributed by atoms with E-state index in [0.29, 0.717) is 22.6 Å². The fourth-order valence-corrected chi connectivity index (χ4v) is 2.24. The summed E-state index contributed by atoms with van der Waals surface area (Å²) in [5, 5.41) is 16.9. The monoisotopic (exact) mass is 370 g/mol. The molecule has 1 heterocycles. The van der Waals surface area contributed by atoms with Crippen LogP contribution in [0.3, 0.4) is 0 Å². The molecule has 0 aliphatic carbocycles. The van der Waals surface area contributed by atoms with Crippen LogP contribution in [0.1, 0.15) is 15.9 Å². The molecule has 0 saturated carbocycles. The molecule has 3 rings (SSSR count). The maximum atomic E-state index is 12.1. The molecule has 2 N–H and O–H groups in total. The molecule has 1 aliphatic heterocycles. The maximum Gasteiger partial charge on any atom is 0.270 e. The first-order chi connectivity index (χ1) is 13.0. The lowest BCUT2D eigenvalue weighted by Crippen LogP contribution is -2.34. The normalized spacial score (nSPS) is 12.0. The van der Waals surface area contributed by atoms with E-state index in [1.165, 1.54) is 30.5 Å². The molecule has 2 amide bonds. The summed E-state index contributed by atoms with van der Waals surface area (Å²) in [5.41, 5.74) is 2.93. The van der Waals surface area contributed by atoms with Crippen LogP contribution in [0.2, 0.25) is 0 Å². The van der Waals surface area contributed by atoms with E-state index >= 15 is 0 Å². The predicted octanol–water partition coefficient (Wildman–Crippen LogP) is 1.20. The van der Waals surface area contributed by atoms with Crippen LogP contribution in [0.25, 0.3) is 0 Å². The fourth-order valence-electron chi connectivity index (χ4n) is 2.24. The maximum absolute atomic E-state index is 12.1. The van der Waals surface area contributed by atoms with Gasteiger partial charge in [-0.3, -0.25) is 19.7 Å². The Bertz CT molecular complexity index is 927. The Kier molecular flexibility index (Phi) is 5.26. The fraction of sp³-hybridized carbons (Fsp3) is 0.118. The zero-order valence-corrected chi connectivity index (χ0v) is 13.9. The quantitative estimate of drug-likeness (QED) is 0.446. The lowest BCUT2D eigenvalue weighted by atomic mass is 10.2. The zero-order chi connectivity index (χ0) is 19.2. The Balaban J connectivity index is 1.49. The van der Waals surface area contributed by atoms with Crippen molar-refractivity contribution in [1.29, 1.82) is 0 Å². The van der Waals surface area contributed by atoms with E-state index in [-0.39, 0.29) is 19.0 Å². The second-order valence-electron chi connectivity index (χ2n) is 5.40. The van der Waals surface area contributed by atoms with Crippen LogP contribution in [0.4, 0.5) is 5.69 Å². The van der Waals surface area contributed by atoms with Gasteiger partial charge in [0.2, 0.25) is 6.79 Å². The average Bonchev–Trinajstić information content (AvgIpc) is 3.14. The van der Waals surface area contributed by atoms with Crippen molar-refractivity contribution in [1.82, 2.24) is 10.7 Å². The molecule has 2 aromatic rings. The second kappa shape index (κ2) is 7.95. The Hall–Kier alpha value is -3.95. The van der Waals surface area contributed by atoms with Crippen LogP contribution in [-0.4, -0.2) is 36.3 Å². The van der Waals surface area contributed by atoms with Crippen molar-refractivity contribution in [3.05, 3.63) is 63.7 Å². The number of nitro groups is 1. The van der Waals surface area contributed by atoms with Crippen LogP contribution in [0.5, 0.6) is 11.5 Å². The number of hydrogen-bond acceptors (Lipinski definition) is 7. The molecule has 0 aromatic heterocycles. The highest BCUT2D eigenvalue weighted by Gasteiger charge is 2.16. The Morgan fingerprint density at radius 3 is 2.81 bits per heavy atom. The number of fused-ring (bicyclic) bond motifs is 1. The van der Waals surface area contributed by atoms with Crippen LogP contribution in [0.15, 0.2) is 47.6 Å². The van der Waals surface area contributed by atoms with Gasteiger partial charge in [-0.2, -0.15) is 5.10 Å². The van der Waals surface area contributed by atoms with Gasteiger partial charge in [-0.15, -0.1) is 0 Å². The molecule has 2 aromatic carbocycles. The number of nitrogens with zero attached hydrogens (tertiary/aromatic N) is 2. The van der Waals surface area contributed by atoms with E-state index in [2.05, 4.69) is 15.8 Å². The van der Waals surface area contributed by atoms with Gasteiger partial charge in [0.15, 0.2) is 11.5 Å². The Labute approximate surface area is 152 Å². The first-order valence-electron chi connectivity index (χ1n) is 7.77. The number of carbonyl (C=O) groups is 2. The highest BCUT2D eigenvalue weighted by atomic mass is 16.7. The highest BCUT2D eigenvalue weighted by molar-refractivity contribution is 5.97. The first kappa shape index (κ1) is 17.9. The Morgan fingerprint density at radius 1 is 1.19 bits per heavy atom. The molecule has 10 heteroatoms. The summed E-state index contributed by atoms with van der Waals surface area (Å²) in [7, 11) is 0. The molecular formula is C17H14N4O6. The van der Waals surface area contributed by atoms with E-state index in [4.69, 9.17) is 9.47 Å². The number of nitrogens with one attached hydrogen (secondary N) is 2. The minimum absolute atomic E-state index is 0.0822. The zero-order valence-electron chi connectivity index (χ0n) is 13.9. The van der Waals surface area contributed by atoms with Gasteiger partial charge >= 0.3 is 0 Å². The lowest BCUT2D eigenvalue weighted by Gasteiger charge is -2.05. The van der Waals surface area contributed by atoms with E-state index in [1.807, 2.05) is 0 Å². The van der Waals surface area contributed by atoms with Crippen molar-refractivity contribution in [2.24, 2.45) is 5.10 Å². The molecule has 0 bridgehead atoms. The molecule has 10 nitrogen and oxygen atoms in total. The second-order valence-corrected chi connectivity index (χ2v) is 5.40. The van der Waals surface area contributed by atoms with Crippen molar-refractivity contribution in [2.45, 2.75) is 0 Å². The van der Waals surface area contributed by atoms with Gasteiger partial charge in [0, 0.05) is 23.3 Å². The number of ether oxygens (including phenoxy) is 2. The summed E-state index contributed by atoms with van der Waals surface area (Å²) in [6, 6.07) is 10.5. The molecule has 0 radical (unpaired) electrons. The van der Waals surface area contributed by atoms with E-state index in [9.17, 15) is 19.7 Å². The summed E-state index contributed by atoms with van der Waals surface area (Å²) >= 11 is 0. The number of hydrazone groups is 1. The van der Waals surface area contributed by atoms with Gasteiger partial charge in [-0.25, -0.2) is 5.43 Å². The molecule has 0 fully saturated rings. The molecule has 0 spiro atoms. The molecule has 0 atom stereocenters. The van der Waals surface area contributed by atoms with Crippen molar-refractivity contribution in [3.8, 4) is 11.5 Å². The van der Waals surface area contributed by atoms with Crippen molar-refractivity contribution in [3.63, 3.8) is 0 Å². The number of carbonyl (C=O) groups excluding carboxylic acids is 2. The first-order valence-corrected chi connectivity index (χ1v) is 7.77. The molecule has 27 heavy (non-hydrogen) atoms. The number of hydrogen-bond donors (Lipinski definition) is 2. The molecule has 0 unspecified atom stereocenters. The van der Waals surface area contributed by atoms with Crippen LogP contribution in [-0.2, 0) is 4.79 Å².